The molecule has 3 saturated heterocycles. The van der Waals surface area contributed by atoms with Gasteiger partial charge in [-0.2, -0.15) is 0 Å². The first-order valence-corrected chi connectivity index (χ1v) is 38.7. The number of unbranched alkanes of at least 4 members (excludes halogenated alkanes) is 39. The van der Waals surface area contributed by atoms with Crippen LogP contribution in [0.3, 0.4) is 0 Å². The molecule has 0 aromatic rings. The summed E-state index contributed by atoms with van der Waals surface area (Å²) < 4.78 is 34.4. The van der Waals surface area contributed by atoms with Crippen LogP contribution in [0.1, 0.15) is 309 Å². The average molecular weight is 1360 g/mol. The van der Waals surface area contributed by atoms with Gasteiger partial charge in [0.05, 0.1) is 38.6 Å². The maximum atomic E-state index is 13.4. The van der Waals surface area contributed by atoms with E-state index in [1.807, 2.05) is 0 Å². The van der Waals surface area contributed by atoms with E-state index >= 15 is 0 Å². The Labute approximate surface area is 574 Å². The van der Waals surface area contributed by atoms with Crippen LogP contribution in [0.4, 0.5) is 0 Å². The zero-order chi connectivity index (χ0) is 68.9. The number of amides is 1. The quantitative estimate of drug-likeness (QED) is 0.0199. The van der Waals surface area contributed by atoms with Crippen molar-refractivity contribution in [3.63, 3.8) is 0 Å². The maximum Gasteiger partial charge on any atom is 0.220 e. The Balaban J connectivity index is 1.26. The Morgan fingerprint density at radius 3 is 1.08 bits per heavy atom. The summed E-state index contributed by atoms with van der Waals surface area (Å²) in [5, 5.41) is 121. The summed E-state index contributed by atoms with van der Waals surface area (Å²) in [6.45, 7) is 1.79. The highest BCUT2D eigenvalue weighted by atomic mass is 16.8. The summed E-state index contributed by atoms with van der Waals surface area (Å²) in [5.41, 5.74) is 0. The molecule has 3 fully saturated rings. The zero-order valence-electron chi connectivity index (χ0n) is 59.4. The molecule has 0 aromatic heterocycles. The molecule has 1 amide bonds. The number of carbonyl (C=O) groups excluding carboxylic acids is 1. The molecule has 0 aliphatic carbocycles. The van der Waals surface area contributed by atoms with Crippen molar-refractivity contribution in [3.8, 4) is 0 Å². The molecule has 19 heteroatoms. The van der Waals surface area contributed by atoms with Gasteiger partial charge in [0.1, 0.15) is 73.2 Å². The second-order valence-corrected chi connectivity index (χ2v) is 27.8. The van der Waals surface area contributed by atoms with Crippen LogP contribution in [0.2, 0.25) is 0 Å². The van der Waals surface area contributed by atoms with E-state index < -0.39 is 124 Å². The molecule has 0 bridgehead atoms. The molecule has 12 N–H and O–H groups in total. The van der Waals surface area contributed by atoms with Gasteiger partial charge >= 0.3 is 0 Å². The average Bonchev–Trinajstić information content (AvgIpc) is 0.787. The predicted molar refractivity (Wildman–Crippen MR) is 374 cm³/mol. The molecule has 3 heterocycles. The lowest BCUT2D eigenvalue weighted by atomic mass is 9.96. The fraction of sp³-hybridized carbons (Fsp3) is 0.908. The Bertz CT molecular complexity index is 1860. The van der Waals surface area contributed by atoms with Crippen molar-refractivity contribution in [2.45, 2.75) is 413 Å². The van der Waals surface area contributed by atoms with E-state index in [1.165, 1.54) is 218 Å². The van der Waals surface area contributed by atoms with Crippen LogP contribution < -0.4 is 5.32 Å². The minimum Gasteiger partial charge on any atom is -0.394 e. The topological polar surface area (TPSA) is 307 Å². The van der Waals surface area contributed by atoms with E-state index in [4.69, 9.17) is 28.4 Å². The normalized spacial score (nSPS) is 27.4. The van der Waals surface area contributed by atoms with Crippen molar-refractivity contribution in [3.05, 3.63) is 36.5 Å². The molecular formula is C76H141NO18. The van der Waals surface area contributed by atoms with E-state index in [-0.39, 0.29) is 18.9 Å². The number of carbonyl (C=O) groups is 1. The molecule has 0 spiro atoms. The second-order valence-electron chi connectivity index (χ2n) is 27.8. The summed E-state index contributed by atoms with van der Waals surface area (Å²) in [6.07, 6.45) is 42.8. The summed E-state index contributed by atoms with van der Waals surface area (Å²) in [4.78, 5) is 13.4. The molecule has 558 valence electrons. The van der Waals surface area contributed by atoms with Gasteiger partial charge in [0.15, 0.2) is 18.9 Å². The van der Waals surface area contributed by atoms with E-state index in [0.717, 1.165) is 57.8 Å². The van der Waals surface area contributed by atoms with Crippen molar-refractivity contribution in [1.82, 2.24) is 5.32 Å². The summed E-state index contributed by atoms with van der Waals surface area (Å²) >= 11 is 0. The van der Waals surface area contributed by atoms with E-state index in [0.29, 0.717) is 12.8 Å². The van der Waals surface area contributed by atoms with Crippen LogP contribution in [0, 0.1) is 0 Å². The number of nitrogens with one attached hydrogen (secondary N) is 1. The van der Waals surface area contributed by atoms with Crippen LogP contribution in [0.5, 0.6) is 0 Å². The standard InChI is InChI=1S/C76H141NO18/c1-3-5-7-9-11-13-15-16-17-18-19-20-21-22-23-24-25-26-27-28-29-30-31-32-33-34-35-36-37-38-39-40-41-42-44-46-48-50-52-54-64(82)77-59(60(81)53-51-49-47-45-43-14-12-10-8-6-4-2)58-90-74-70(88)67(85)72(62(56-79)92-74)95-76-71(89)68(86)73(63(57-80)93-76)94-75-69(87)66(84)65(83)61(55-78)91-75/h15-16,18-19,21-22,59-63,65-76,78-81,83-89H,3-14,17,20,23-58H2,1-2H3,(H,77,82)/b16-15-,19-18-,22-21-. The number of rotatable bonds is 61. The summed E-state index contributed by atoms with van der Waals surface area (Å²) in [6, 6.07) is -0.884. The van der Waals surface area contributed by atoms with Gasteiger partial charge in [0, 0.05) is 6.42 Å². The molecule has 17 atom stereocenters. The molecule has 0 aromatic carbocycles. The third-order valence-corrected chi connectivity index (χ3v) is 19.5. The summed E-state index contributed by atoms with van der Waals surface area (Å²) in [7, 11) is 0. The number of aliphatic hydroxyl groups is 11. The minimum atomic E-state index is -1.97. The van der Waals surface area contributed by atoms with Gasteiger partial charge in [-0.1, -0.05) is 288 Å². The van der Waals surface area contributed by atoms with E-state index in [9.17, 15) is 61.0 Å². The molecule has 3 aliphatic heterocycles. The largest absolute Gasteiger partial charge is 0.394 e. The Hall–Kier alpha value is -1.99. The van der Waals surface area contributed by atoms with Gasteiger partial charge in [-0.3, -0.25) is 4.79 Å². The fourth-order valence-corrected chi connectivity index (χ4v) is 13.2. The first-order valence-electron chi connectivity index (χ1n) is 38.7. The Kier molecular flexibility index (Phi) is 52.9. The van der Waals surface area contributed by atoms with Gasteiger partial charge in [-0.15, -0.1) is 0 Å². The smallest absolute Gasteiger partial charge is 0.220 e. The fourth-order valence-electron chi connectivity index (χ4n) is 13.2. The number of aliphatic hydroxyl groups excluding tert-OH is 11. The molecular weight excluding hydrogens is 1210 g/mol. The molecule has 3 aliphatic rings. The summed E-state index contributed by atoms with van der Waals surface area (Å²) in [5.74, 6) is -0.239. The van der Waals surface area contributed by atoms with Gasteiger partial charge in [-0.05, 0) is 51.4 Å². The SMILES string of the molecule is CCCCCCC/C=C\C/C=C\C/C=C\CCCCCCCCCCCCCCCCCCCCCCCCCCC(=O)NC(COC1OC(CO)C(OC2OC(CO)C(OC3OC(CO)C(O)C(O)C3O)C(O)C2O)C(O)C1O)C(O)CCCCCCCCCCCCC. The van der Waals surface area contributed by atoms with Gasteiger partial charge in [-0.25, -0.2) is 0 Å². The minimum absolute atomic E-state index is 0.239. The lowest BCUT2D eigenvalue weighted by molar-refractivity contribution is -0.379. The van der Waals surface area contributed by atoms with Crippen LogP contribution >= 0.6 is 0 Å². The number of allylic oxidation sites excluding steroid dienone is 6. The van der Waals surface area contributed by atoms with Crippen molar-refractivity contribution in [1.29, 1.82) is 0 Å². The Morgan fingerprint density at radius 2 is 0.695 bits per heavy atom. The van der Waals surface area contributed by atoms with E-state index in [1.54, 1.807) is 0 Å². The molecule has 19 nitrogen and oxygen atoms in total. The van der Waals surface area contributed by atoms with Gasteiger partial charge < -0.3 is 89.9 Å². The highest BCUT2D eigenvalue weighted by Gasteiger charge is 2.54. The first kappa shape index (κ1) is 87.2. The van der Waals surface area contributed by atoms with Crippen LogP contribution in [-0.4, -0.2) is 193 Å². The van der Waals surface area contributed by atoms with Gasteiger partial charge in [0.2, 0.25) is 5.91 Å². The van der Waals surface area contributed by atoms with Crippen molar-refractivity contribution in [2.24, 2.45) is 0 Å². The maximum absolute atomic E-state index is 13.4. The van der Waals surface area contributed by atoms with Crippen molar-refractivity contribution >= 4 is 5.91 Å². The highest BCUT2D eigenvalue weighted by Crippen LogP contribution is 2.33. The number of hydrogen-bond donors (Lipinski definition) is 12. The van der Waals surface area contributed by atoms with Crippen LogP contribution in [0.25, 0.3) is 0 Å². The van der Waals surface area contributed by atoms with Crippen molar-refractivity contribution < 1.29 is 89.4 Å². The predicted octanol–water partition coefficient (Wildman–Crippen LogP) is 11.9. The number of ether oxygens (including phenoxy) is 6. The van der Waals surface area contributed by atoms with Crippen LogP contribution in [-0.2, 0) is 33.2 Å². The zero-order valence-corrected chi connectivity index (χ0v) is 59.4. The lowest BCUT2D eigenvalue weighted by Gasteiger charge is -2.48. The highest BCUT2D eigenvalue weighted by molar-refractivity contribution is 5.76. The Morgan fingerprint density at radius 1 is 0.379 bits per heavy atom. The molecule has 3 rings (SSSR count). The molecule has 0 saturated carbocycles. The number of hydrogen-bond acceptors (Lipinski definition) is 18. The monoisotopic (exact) mass is 1360 g/mol. The lowest BCUT2D eigenvalue weighted by Crippen LogP contribution is -2.66. The van der Waals surface area contributed by atoms with Crippen molar-refractivity contribution in [2.75, 3.05) is 26.4 Å². The van der Waals surface area contributed by atoms with E-state index in [2.05, 4.69) is 55.6 Å². The second kappa shape index (κ2) is 57.6. The first-order chi connectivity index (χ1) is 46.3. The molecule has 95 heavy (non-hydrogen) atoms. The van der Waals surface area contributed by atoms with Gasteiger partial charge in [0.25, 0.3) is 0 Å². The third kappa shape index (κ3) is 38.6. The third-order valence-electron chi connectivity index (χ3n) is 19.5. The molecule has 17 unspecified atom stereocenters. The molecule has 0 radical (unpaired) electrons. The van der Waals surface area contributed by atoms with Crippen LogP contribution in [0.15, 0.2) is 36.5 Å².